The number of nitrogens with two attached hydrogens (primary N) is 1. The van der Waals surface area contributed by atoms with Crippen molar-refractivity contribution in [3.8, 4) is 0 Å². The van der Waals surface area contributed by atoms with Crippen molar-refractivity contribution in [1.29, 1.82) is 0 Å². The van der Waals surface area contributed by atoms with Gasteiger partial charge in [0.05, 0.1) is 5.69 Å². The van der Waals surface area contributed by atoms with Crippen LogP contribution in [0.4, 0.5) is 16.2 Å². The Bertz CT molecular complexity index is 651. The van der Waals surface area contributed by atoms with Gasteiger partial charge in [0.2, 0.25) is 0 Å². The number of nitrogens with zero attached hydrogens (tertiary/aromatic N) is 1. The monoisotopic (exact) mass is 281 g/mol. The second-order valence-corrected chi connectivity index (χ2v) is 5.40. The number of nitrogens with one attached hydrogen (secondary N) is 1. The maximum atomic E-state index is 12.5. The number of carbonyl (C=O) groups is 1. The minimum absolute atomic E-state index is 0.00428. The zero-order chi connectivity index (χ0) is 14.8. The van der Waals surface area contributed by atoms with Crippen LogP contribution in [0.15, 0.2) is 48.5 Å². The number of urea groups is 1. The van der Waals surface area contributed by atoms with Gasteiger partial charge in [0.25, 0.3) is 0 Å². The molecule has 1 unspecified atom stereocenters. The SMILES string of the molecule is Cc1ccc(NC(=O)N2CCC(N)c3ccccc32)cc1. The lowest BCUT2D eigenvalue weighted by molar-refractivity contribution is 0.256. The van der Waals surface area contributed by atoms with Gasteiger partial charge in [-0.3, -0.25) is 4.90 Å². The summed E-state index contributed by atoms with van der Waals surface area (Å²) < 4.78 is 0. The van der Waals surface area contributed by atoms with Gasteiger partial charge in [-0.1, -0.05) is 35.9 Å². The molecule has 3 N–H and O–H groups in total. The number of hydrogen-bond donors (Lipinski definition) is 2. The zero-order valence-corrected chi connectivity index (χ0v) is 12.0. The Balaban J connectivity index is 1.82. The first-order valence-corrected chi connectivity index (χ1v) is 7.15. The largest absolute Gasteiger partial charge is 0.326 e. The number of carbonyl (C=O) groups excluding carboxylic acids is 1. The van der Waals surface area contributed by atoms with Crippen molar-refractivity contribution in [2.24, 2.45) is 5.73 Å². The molecule has 1 aliphatic rings. The van der Waals surface area contributed by atoms with Gasteiger partial charge in [0.15, 0.2) is 0 Å². The van der Waals surface area contributed by atoms with Crippen molar-refractivity contribution in [2.75, 3.05) is 16.8 Å². The fourth-order valence-corrected chi connectivity index (χ4v) is 2.63. The molecular weight excluding hydrogens is 262 g/mol. The summed E-state index contributed by atoms with van der Waals surface area (Å²) in [5.74, 6) is 0. The van der Waals surface area contributed by atoms with Crippen LogP contribution >= 0.6 is 0 Å². The van der Waals surface area contributed by atoms with Gasteiger partial charge in [-0.15, -0.1) is 0 Å². The lowest BCUT2D eigenvalue weighted by atomic mass is 9.97. The molecule has 0 saturated heterocycles. The van der Waals surface area contributed by atoms with Crippen LogP contribution in [0.25, 0.3) is 0 Å². The van der Waals surface area contributed by atoms with E-state index in [1.807, 2.05) is 55.5 Å². The lowest BCUT2D eigenvalue weighted by Gasteiger charge is -2.32. The summed E-state index contributed by atoms with van der Waals surface area (Å²) in [5, 5.41) is 2.94. The highest BCUT2D eigenvalue weighted by Crippen LogP contribution is 2.32. The Labute approximate surface area is 124 Å². The molecule has 0 bridgehead atoms. The molecular formula is C17H19N3O. The van der Waals surface area contributed by atoms with Crippen molar-refractivity contribution >= 4 is 17.4 Å². The zero-order valence-electron chi connectivity index (χ0n) is 12.0. The molecule has 21 heavy (non-hydrogen) atoms. The van der Waals surface area contributed by atoms with Crippen LogP contribution in [-0.2, 0) is 0 Å². The summed E-state index contributed by atoms with van der Waals surface area (Å²) >= 11 is 0. The molecule has 0 spiro atoms. The van der Waals surface area contributed by atoms with E-state index in [4.69, 9.17) is 5.73 Å². The third-order valence-electron chi connectivity index (χ3n) is 3.84. The predicted molar refractivity (Wildman–Crippen MR) is 85.5 cm³/mol. The second-order valence-electron chi connectivity index (χ2n) is 5.40. The Morgan fingerprint density at radius 3 is 2.67 bits per heavy atom. The van der Waals surface area contributed by atoms with E-state index in [1.165, 1.54) is 5.56 Å². The minimum atomic E-state index is -0.113. The first kappa shape index (κ1) is 13.6. The number of benzene rings is 2. The van der Waals surface area contributed by atoms with Crippen LogP contribution in [0.2, 0.25) is 0 Å². The van der Waals surface area contributed by atoms with E-state index in [9.17, 15) is 4.79 Å². The Morgan fingerprint density at radius 2 is 1.90 bits per heavy atom. The number of rotatable bonds is 1. The number of amides is 2. The van der Waals surface area contributed by atoms with E-state index in [2.05, 4.69) is 5.32 Å². The van der Waals surface area contributed by atoms with Crippen LogP contribution < -0.4 is 16.0 Å². The predicted octanol–water partition coefficient (Wildman–Crippen LogP) is 3.44. The molecule has 0 aromatic heterocycles. The van der Waals surface area contributed by atoms with Crippen molar-refractivity contribution in [1.82, 2.24) is 0 Å². The molecule has 0 aliphatic carbocycles. The van der Waals surface area contributed by atoms with E-state index < -0.39 is 0 Å². The summed E-state index contributed by atoms with van der Waals surface area (Å²) in [6.07, 6.45) is 0.776. The number of para-hydroxylation sites is 1. The van der Waals surface area contributed by atoms with E-state index >= 15 is 0 Å². The number of aryl methyl sites for hydroxylation is 1. The maximum absolute atomic E-state index is 12.5. The standard InChI is InChI=1S/C17H19N3O/c1-12-6-8-13(9-7-12)19-17(21)20-11-10-15(18)14-4-2-3-5-16(14)20/h2-9,15H,10-11,18H2,1H3,(H,19,21). The Kier molecular flexibility index (Phi) is 3.62. The highest BCUT2D eigenvalue weighted by atomic mass is 16.2. The molecule has 0 radical (unpaired) electrons. The maximum Gasteiger partial charge on any atom is 0.326 e. The van der Waals surface area contributed by atoms with Gasteiger partial charge in [-0.05, 0) is 37.1 Å². The second kappa shape index (κ2) is 5.58. The first-order chi connectivity index (χ1) is 10.1. The van der Waals surface area contributed by atoms with Gasteiger partial charge >= 0.3 is 6.03 Å². The minimum Gasteiger partial charge on any atom is -0.324 e. The Morgan fingerprint density at radius 1 is 1.19 bits per heavy atom. The highest BCUT2D eigenvalue weighted by Gasteiger charge is 2.26. The van der Waals surface area contributed by atoms with Crippen molar-refractivity contribution < 1.29 is 4.79 Å². The first-order valence-electron chi connectivity index (χ1n) is 7.15. The van der Waals surface area contributed by atoms with E-state index in [0.29, 0.717) is 6.54 Å². The highest BCUT2D eigenvalue weighted by molar-refractivity contribution is 6.02. The molecule has 0 saturated carbocycles. The number of anilines is 2. The normalized spacial score (nSPS) is 17.2. The fraction of sp³-hybridized carbons (Fsp3) is 0.235. The van der Waals surface area contributed by atoms with Crippen molar-refractivity contribution in [3.05, 3.63) is 59.7 Å². The van der Waals surface area contributed by atoms with Crippen LogP contribution in [-0.4, -0.2) is 12.6 Å². The summed E-state index contributed by atoms with van der Waals surface area (Å²) in [6.45, 7) is 2.66. The summed E-state index contributed by atoms with van der Waals surface area (Å²) in [4.78, 5) is 14.3. The third-order valence-corrected chi connectivity index (χ3v) is 3.84. The molecule has 3 rings (SSSR count). The molecule has 1 heterocycles. The van der Waals surface area contributed by atoms with Gasteiger partial charge < -0.3 is 11.1 Å². The van der Waals surface area contributed by atoms with E-state index in [0.717, 1.165) is 23.4 Å². The van der Waals surface area contributed by atoms with Gasteiger partial charge in [0, 0.05) is 18.3 Å². The molecule has 1 aliphatic heterocycles. The van der Waals surface area contributed by atoms with E-state index in [1.54, 1.807) is 4.90 Å². The van der Waals surface area contributed by atoms with Crippen LogP contribution in [0.5, 0.6) is 0 Å². The number of fused-ring (bicyclic) bond motifs is 1. The molecule has 4 nitrogen and oxygen atoms in total. The molecule has 108 valence electrons. The molecule has 1 atom stereocenters. The molecule has 2 amide bonds. The Hall–Kier alpha value is -2.33. The van der Waals surface area contributed by atoms with E-state index in [-0.39, 0.29) is 12.1 Å². The van der Waals surface area contributed by atoms with Crippen LogP contribution in [0, 0.1) is 6.92 Å². The molecule has 0 fully saturated rings. The third kappa shape index (κ3) is 2.76. The lowest BCUT2D eigenvalue weighted by Crippen LogP contribution is -2.40. The molecule has 2 aromatic rings. The molecule has 4 heteroatoms. The van der Waals surface area contributed by atoms with Crippen LogP contribution in [0.3, 0.4) is 0 Å². The average molecular weight is 281 g/mol. The van der Waals surface area contributed by atoms with Crippen LogP contribution in [0.1, 0.15) is 23.6 Å². The van der Waals surface area contributed by atoms with Gasteiger partial charge in [0.1, 0.15) is 0 Å². The fourth-order valence-electron chi connectivity index (χ4n) is 2.63. The average Bonchev–Trinajstić information content (AvgIpc) is 2.50. The van der Waals surface area contributed by atoms with Gasteiger partial charge in [-0.25, -0.2) is 4.79 Å². The summed E-state index contributed by atoms with van der Waals surface area (Å²) in [5.41, 5.74) is 10.0. The topological polar surface area (TPSA) is 58.4 Å². The van der Waals surface area contributed by atoms with Gasteiger partial charge in [-0.2, -0.15) is 0 Å². The quantitative estimate of drug-likeness (QED) is 0.841. The summed E-state index contributed by atoms with van der Waals surface area (Å²) in [6, 6.07) is 15.5. The van der Waals surface area contributed by atoms with Crippen molar-refractivity contribution in [2.45, 2.75) is 19.4 Å². The smallest absolute Gasteiger partial charge is 0.324 e. The molecule has 2 aromatic carbocycles. The number of hydrogen-bond acceptors (Lipinski definition) is 2. The van der Waals surface area contributed by atoms with Crippen molar-refractivity contribution in [3.63, 3.8) is 0 Å². The summed E-state index contributed by atoms with van der Waals surface area (Å²) in [7, 11) is 0.